The first kappa shape index (κ1) is 13.3. The number of hydrogen-bond donors (Lipinski definition) is 1. The molecule has 13 heavy (non-hydrogen) atoms. The van der Waals surface area contributed by atoms with Gasteiger partial charge < -0.3 is 5.32 Å². The van der Waals surface area contributed by atoms with E-state index in [1.165, 1.54) is 31.6 Å². The minimum atomic E-state index is 0.721. The first-order valence-corrected chi connectivity index (χ1v) is 6.64. The minimum Gasteiger partial charge on any atom is -0.313 e. The van der Waals surface area contributed by atoms with Crippen molar-refractivity contribution in [2.75, 3.05) is 12.3 Å². The van der Waals surface area contributed by atoms with Crippen molar-refractivity contribution >= 4 is 11.8 Å². The third kappa shape index (κ3) is 7.39. The van der Waals surface area contributed by atoms with Crippen molar-refractivity contribution < 1.29 is 0 Å². The van der Waals surface area contributed by atoms with Gasteiger partial charge in [0.15, 0.2) is 0 Å². The number of nitrogens with one attached hydrogen (secondary N) is 1. The zero-order valence-electron chi connectivity index (χ0n) is 9.60. The summed E-state index contributed by atoms with van der Waals surface area (Å²) in [5.74, 6) is 1.27. The minimum absolute atomic E-state index is 0.721. The normalized spacial score (nSPS) is 15.7. The van der Waals surface area contributed by atoms with Crippen molar-refractivity contribution in [3.8, 4) is 0 Å². The molecule has 0 saturated carbocycles. The highest BCUT2D eigenvalue weighted by Crippen LogP contribution is 2.15. The molecule has 1 nitrogen and oxygen atoms in total. The van der Waals surface area contributed by atoms with Crippen molar-refractivity contribution in [2.45, 2.75) is 58.2 Å². The van der Waals surface area contributed by atoms with Crippen molar-refractivity contribution in [1.82, 2.24) is 5.32 Å². The summed E-state index contributed by atoms with van der Waals surface area (Å²) in [5, 5.41) is 4.39. The lowest BCUT2D eigenvalue weighted by Gasteiger charge is -2.18. The summed E-state index contributed by atoms with van der Waals surface area (Å²) in [5.41, 5.74) is 0. The molecule has 0 bridgehead atoms. The molecule has 0 fully saturated rings. The lowest BCUT2D eigenvalue weighted by atomic mass is 10.2. The second kappa shape index (κ2) is 8.89. The van der Waals surface area contributed by atoms with Crippen LogP contribution in [0.5, 0.6) is 0 Å². The lowest BCUT2D eigenvalue weighted by Crippen LogP contribution is -2.31. The Kier molecular flexibility index (Phi) is 9.10. The van der Waals surface area contributed by atoms with Crippen LogP contribution < -0.4 is 5.32 Å². The van der Waals surface area contributed by atoms with Gasteiger partial charge in [0.05, 0.1) is 0 Å². The molecule has 0 aromatic rings. The van der Waals surface area contributed by atoms with E-state index in [2.05, 4.69) is 44.8 Å². The Labute approximate surface area is 88.1 Å². The van der Waals surface area contributed by atoms with Gasteiger partial charge in [-0.3, -0.25) is 0 Å². The first-order valence-electron chi connectivity index (χ1n) is 5.59. The average Bonchev–Trinajstić information content (AvgIpc) is 2.17. The summed E-state index contributed by atoms with van der Waals surface area (Å²) >= 11 is 2.10. The van der Waals surface area contributed by atoms with E-state index in [1.807, 2.05) is 0 Å². The van der Waals surface area contributed by atoms with Gasteiger partial charge in [-0.1, -0.05) is 27.7 Å². The number of hydrogen-bond acceptors (Lipinski definition) is 2. The van der Waals surface area contributed by atoms with Crippen LogP contribution in [-0.2, 0) is 0 Å². The first-order chi connectivity index (χ1) is 6.24. The Balaban J connectivity index is 3.46. The highest BCUT2D eigenvalue weighted by atomic mass is 32.2. The van der Waals surface area contributed by atoms with Crippen LogP contribution in [-0.4, -0.2) is 23.6 Å². The van der Waals surface area contributed by atoms with Gasteiger partial charge in [-0.05, 0) is 25.8 Å². The molecule has 2 heteroatoms. The summed E-state index contributed by atoms with van der Waals surface area (Å²) in [7, 11) is 0. The van der Waals surface area contributed by atoms with E-state index in [9.17, 15) is 0 Å². The van der Waals surface area contributed by atoms with E-state index in [0.717, 1.165) is 11.3 Å². The Hall–Kier alpha value is 0.310. The van der Waals surface area contributed by atoms with E-state index >= 15 is 0 Å². The molecule has 0 aliphatic heterocycles. The molecule has 0 aromatic heterocycles. The molecule has 1 N–H and O–H groups in total. The highest BCUT2D eigenvalue weighted by molar-refractivity contribution is 7.99. The standard InChI is InChI=1S/C11H25NS/c1-5-8-12-11(7-3)9-13-10(4)6-2/h10-12H,5-9H2,1-4H3. The third-order valence-electron chi connectivity index (χ3n) is 2.33. The van der Waals surface area contributed by atoms with Gasteiger partial charge in [0.1, 0.15) is 0 Å². The molecule has 80 valence electrons. The quantitative estimate of drug-likeness (QED) is 0.649. The second-order valence-corrected chi connectivity index (χ2v) is 5.08. The largest absolute Gasteiger partial charge is 0.313 e. The van der Waals surface area contributed by atoms with E-state index in [4.69, 9.17) is 0 Å². The number of rotatable bonds is 8. The zero-order valence-corrected chi connectivity index (χ0v) is 10.4. The maximum absolute atomic E-state index is 3.58. The monoisotopic (exact) mass is 203 g/mol. The van der Waals surface area contributed by atoms with E-state index in [-0.39, 0.29) is 0 Å². The lowest BCUT2D eigenvalue weighted by molar-refractivity contribution is 0.539. The SMILES string of the molecule is CCCNC(CC)CSC(C)CC. The van der Waals surface area contributed by atoms with Crippen molar-refractivity contribution in [2.24, 2.45) is 0 Å². The molecule has 0 aliphatic carbocycles. The van der Waals surface area contributed by atoms with Gasteiger partial charge in [0.25, 0.3) is 0 Å². The molecule has 0 aromatic carbocycles. The molecule has 0 amide bonds. The Morgan fingerprint density at radius 3 is 2.31 bits per heavy atom. The fraction of sp³-hybridized carbons (Fsp3) is 1.00. The van der Waals surface area contributed by atoms with Crippen LogP contribution >= 0.6 is 11.8 Å². The van der Waals surface area contributed by atoms with Crippen molar-refractivity contribution in [3.63, 3.8) is 0 Å². The van der Waals surface area contributed by atoms with Crippen molar-refractivity contribution in [3.05, 3.63) is 0 Å². The molecule has 0 aliphatic rings. The van der Waals surface area contributed by atoms with Gasteiger partial charge in [-0.25, -0.2) is 0 Å². The van der Waals surface area contributed by atoms with Gasteiger partial charge in [0, 0.05) is 17.0 Å². The molecule has 2 atom stereocenters. The summed E-state index contributed by atoms with van der Waals surface area (Å²) < 4.78 is 0. The smallest absolute Gasteiger partial charge is 0.0155 e. The van der Waals surface area contributed by atoms with Gasteiger partial charge in [-0.15, -0.1) is 0 Å². The molecular formula is C11H25NS. The van der Waals surface area contributed by atoms with Gasteiger partial charge >= 0.3 is 0 Å². The summed E-state index contributed by atoms with van der Waals surface area (Å²) in [6, 6.07) is 0.721. The summed E-state index contributed by atoms with van der Waals surface area (Å²) in [6.45, 7) is 10.2. The van der Waals surface area contributed by atoms with Crippen LogP contribution in [0.4, 0.5) is 0 Å². The predicted octanol–water partition coefficient (Wildman–Crippen LogP) is 3.30. The summed E-state index contributed by atoms with van der Waals surface area (Å²) in [4.78, 5) is 0. The fourth-order valence-electron chi connectivity index (χ4n) is 1.07. The van der Waals surface area contributed by atoms with E-state index in [0.29, 0.717) is 0 Å². The molecule has 2 unspecified atom stereocenters. The van der Waals surface area contributed by atoms with E-state index in [1.54, 1.807) is 0 Å². The number of thioether (sulfide) groups is 1. The van der Waals surface area contributed by atoms with Gasteiger partial charge in [-0.2, -0.15) is 11.8 Å². The van der Waals surface area contributed by atoms with Crippen LogP contribution in [0.15, 0.2) is 0 Å². The zero-order chi connectivity index (χ0) is 10.1. The van der Waals surface area contributed by atoms with Gasteiger partial charge in [0.2, 0.25) is 0 Å². The summed E-state index contributed by atoms with van der Waals surface area (Å²) in [6.07, 6.45) is 3.78. The molecule has 0 saturated heterocycles. The highest BCUT2D eigenvalue weighted by Gasteiger charge is 2.06. The fourth-order valence-corrected chi connectivity index (χ4v) is 2.22. The third-order valence-corrected chi connectivity index (χ3v) is 3.83. The topological polar surface area (TPSA) is 12.0 Å². The van der Waals surface area contributed by atoms with Crippen LogP contribution in [0.2, 0.25) is 0 Å². The Bertz CT molecular complexity index is 106. The maximum Gasteiger partial charge on any atom is 0.0155 e. The Morgan fingerprint density at radius 1 is 1.15 bits per heavy atom. The Morgan fingerprint density at radius 2 is 1.85 bits per heavy atom. The van der Waals surface area contributed by atoms with Crippen LogP contribution in [0.1, 0.15) is 47.0 Å². The average molecular weight is 203 g/mol. The maximum atomic E-state index is 3.58. The van der Waals surface area contributed by atoms with Crippen LogP contribution in [0.25, 0.3) is 0 Å². The van der Waals surface area contributed by atoms with E-state index < -0.39 is 0 Å². The van der Waals surface area contributed by atoms with Crippen LogP contribution in [0.3, 0.4) is 0 Å². The second-order valence-electron chi connectivity index (χ2n) is 3.61. The predicted molar refractivity (Wildman–Crippen MR) is 64.6 cm³/mol. The molecular weight excluding hydrogens is 178 g/mol. The molecule has 0 rings (SSSR count). The van der Waals surface area contributed by atoms with Crippen molar-refractivity contribution in [1.29, 1.82) is 0 Å². The van der Waals surface area contributed by atoms with Crippen LogP contribution in [0, 0.1) is 0 Å². The molecule has 0 heterocycles. The molecule has 0 spiro atoms. The molecule has 0 radical (unpaired) electrons.